The number of rotatable bonds is 6. The van der Waals surface area contributed by atoms with Crippen LogP contribution < -0.4 is 5.73 Å². The van der Waals surface area contributed by atoms with E-state index in [1.165, 1.54) is 12.1 Å². The summed E-state index contributed by atoms with van der Waals surface area (Å²) in [4.78, 5) is 14.0. The third-order valence-electron chi connectivity index (χ3n) is 5.59. The van der Waals surface area contributed by atoms with Crippen molar-refractivity contribution in [2.75, 3.05) is 13.1 Å². The van der Waals surface area contributed by atoms with Gasteiger partial charge >= 0.3 is 0 Å². The zero-order chi connectivity index (χ0) is 21.2. The van der Waals surface area contributed by atoms with Crippen LogP contribution in [0.4, 0.5) is 4.39 Å². The Labute approximate surface area is 171 Å². The average molecular weight is 419 g/mol. The SMILES string of the molecule is CC(C)S(=O)(=O)c1ccc(CN2CCC(c3cc(C(N)=O)ccc3F)CC2)cc1. The van der Waals surface area contributed by atoms with Gasteiger partial charge in [-0.3, -0.25) is 9.69 Å². The highest BCUT2D eigenvalue weighted by molar-refractivity contribution is 7.92. The quantitative estimate of drug-likeness (QED) is 0.779. The van der Waals surface area contributed by atoms with Crippen LogP contribution >= 0.6 is 0 Å². The third kappa shape index (κ3) is 4.85. The molecule has 156 valence electrons. The minimum absolute atomic E-state index is 0.0594. The highest BCUT2D eigenvalue weighted by atomic mass is 32.2. The Kier molecular flexibility index (Phi) is 6.39. The number of primary amides is 1. The van der Waals surface area contributed by atoms with Crippen molar-refractivity contribution in [1.82, 2.24) is 4.90 Å². The standard InChI is InChI=1S/C22H27FN2O3S/c1-15(2)29(27,28)19-6-3-16(4-7-19)14-25-11-9-17(10-12-25)20-13-18(22(24)26)5-8-21(20)23/h3-8,13,15,17H,9-12,14H2,1-2H3,(H2,24,26). The number of hydrogen-bond acceptors (Lipinski definition) is 4. The molecule has 1 saturated heterocycles. The van der Waals surface area contributed by atoms with Crippen LogP contribution in [0, 0.1) is 5.82 Å². The molecule has 2 aromatic rings. The predicted octanol–water partition coefficient (Wildman–Crippen LogP) is 3.49. The number of piperidine rings is 1. The Morgan fingerprint density at radius 1 is 1.14 bits per heavy atom. The molecule has 0 aliphatic carbocycles. The van der Waals surface area contributed by atoms with Crippen LogP contribution in [0.1, 0.15) is 54.1 Å². The first-order chi connectivity index (χ1) is 13.7. The van der Waals surface area contributed by atoms with Gasteiger partial charge in [-0.1, -0.05) is 12.1 Å². The van der Waals surface area contributed by atoms with E-state index in [4.69, 9.17) is 5.73 Å². The van der Waals surface area contributed by atoms with Gasteiger partial charge in [-0.05, 0) is 87.2 Å². The molecule has 7 heteroatoms. The highest BCUT2D eigenvalue weighted by Gasteiger charge is 2.24. The average Bonchev–Trinajstić information content (AvgIpc) is 2.69. The van der Waals surface area contributed by atoms with E-state index in [1.807, 2.05) is 12.1 Å². The van der Waals surface area contributed by atoms with Gasteiger partial charge in [0.2, 0.25) is 5.91 Å². The van der Waals surface area contributed by atoms with Gasteiger partial charge in [-0.25, -0.2) is 12.8 Å². The number of carbonyl (C=O) groups excluding carboxylic acids is 1. The number of carbonyl (C=O) groups is 1. The van der Waals surface area contributed by atoms with Crippen molar-refractivity contribution in [3.8, 4) is 0 Å². The molecule has 0 aromatic heterocycles. The predicted molar refractivity (Wildman–Crippen MR) is 111 cm³/mol. The fourth-order valence-electron chi connectivity index (χ4n) is 3.73. The maximum Gasteiger partial charge on any atom is 0.248 e. The lowest BCUT2D eigenvalue weighted by Gasteiger charge is -2.32. The summed E-state index contributed by atoms with van der Waals surface area (Å²) in [7, 11) is -3.26. The lowest BCUT2D eigenvalue weighted by atomic mass is 9.88. The summed E-state index contributed by atoms with van der Waals surface area (Å²) in [6.07, 6.45) is 1.58. The molecule has 0 spiro atoms. The van der Waals surface area contributed by atoms with E-state index >= 15 is 0 Å². The molecular weight excluding hydrogens is 391 g/mol. The second-order valence-corrected chi connectivity index (χ2v) is 10.4. The van der Waals surface area contributed by atoms with Crippen molar-refractivity contribution in [1.29, 1.82) is 0 Å². The van der Waals surface area contributed by atoms with Crippen LogP contribution in [0.15, 0.2) is 47.4 Å². The van der Waals surface area contributed by atoms with Crippen molar-refractivity contribution >= 4 is 15.7 Å². The van der Waals surface area contributed by atoms with Crippen molar-refractivity contribution in [3.05, 3.63) is 65.0 Å². The zero-order valence-corrected chi connectivity index (χ0v) is 17.6. The van der Waals surface area contributed by atoms with E-state index in [0.717, 1.165) is 38.0 Å². The van der Waals surface area contributed by atoms with E-state index in [2.05, 4.69) is 4.90 Å². The van der Waals surface area contributed by atoms with E-state index in [1.54, 1.807) is 32.0 Å². The molecule has 0 unspecified atom stereocenters. The van der Waals surface area contributed by atoms with Crippen LogP contribution in [0.3, 0.4) is 0 Å². The fraction of sp³-hybridized carbons (Fsp3) is 0.409. The molecule has 1 fully saturated rings. The van der Waals surface area contributed by atoms with Gasteiger partial charge in [0, 0.05) is 12.1 Å². The number of benzene rings is 2. The van der Waals surface area contributed by atoms with E-state index in [9.17, 15) is 17.6 Å². The summed E-state index contributed by atoms with van der Waals surface area (Å²) in [5.41, 5.74) is 7.26. The molecule has 3 rings (SSSR count). The molecule has 1 aliphatic heterocycles. The van der Waals surface area contributed by atoms with E-state index in [-0.39, 0.29) is 11.7 Å². The lowest BCUT2D eigenvalue weighted by molar-refractivity contribution is 0.1000. The van der Waals surface area contributed by atoms with Crippen LogP contribution in [0.25, 0.3) is 0 Å². The highest BCUT2D eigenvalue weighted by Crippen LogP contribution is 2.31. The minimum Gasteiger partial charge on any atom is -0.366 e. The van der Waals surface area contributed by atoms with E-state index in [0.29, 0.717) is 16.0 Å². The minimum atomic E-state index is -3.26. The van der Waals surface area contributed by atoms with Crippen LogP contribution in [-0.4, -0.2) is 37.6 Å². The number of nitrogens with two attached hydrogens (primary N) is 1. The Bertz CT molecular complexity index is 980. The second-order valence-electron chi connectivity index (χ2n) is 7.89. The van der Waals surface area contributed by atoms with Gasteiger partial charge in [0.15, 0.2) is 9.84 Å². The van der Waals surface area contributed by atoms with Crippen molar-refractivity contribution < 1.29 is 17.6 Å². The molecule has 5 nitrogen and oxygen atoms in total. The zero-order valence-electron chi connectivity index (χ0n) is 16.8. The van der Waals surface area contributed by atoms with Gasteiger partial charge in [0.25, 0.3) is 0 Å². The molecule has 1 heterocycles. The monoisotopic (exact) mass is 418 g/mol. The molecule has 0 radical (unpaired) electrons. The summed E-state index contributed by atoms with van der Waals surface area (Å²) in [6.45, 7) is 5.68. The Balaban J connectivity index is 1.62. The topological polar surface area (TPSA) is 80.5 Å². The van der Waals surface area contributed by atoms with E-state index < -0.39 is 21.0 Å². The number of sulfone groups is 1. The summed E-state index contributed by atoms with van der Waals surface area (Å²) < 4.78 is 38.7. The maximum atomic E-state index is 14.2. The molecule has 0 saturated carbocycles. The second kappa shape index (κ2) is 8.63. The first-order valence-electron chi connectivity index (χ1n) is 9.83. The molecule has 1 amide bonds. The number of halogens is 1. The number of likely N-dealkylation sites (tertiary alicyclic amines) is 1. The van der Waals surface area contributed by atoms with Gasteiger partial charge in [0.1, 0.15) is 5.82 Å². The summed E-state index contributed by atoms with van der Waals surface area (Å²) in [5.74, 6) is -0.786. The van der Waals surface area contributed by atoms with Crippen LogP contribution in [0.5, 0.6) is 0 Å². The molecule has 2 aromatic carbocycles. The third-order valence-corrected chi connectivity index (χ3v) is 7.76. The summed E-state index contributed by atoms with van der Waals surface area (Å²) >= 11 is 0. The van der Waals surface area contributed by atoms with Crippen molar-refractivity contribution in [2.45, 2.75) is 49.3 Å². The lowest BCUT2D eigenvalue weighted by Crippen LogP contribution is -2.32. The Morgan fingerprint density at radius 2 is 1.76 bits per heavy atom. The molecule has 1 aliphatic rings. The molecule has 0 bridgehead atoms. The van der Waals surface area contributed by atoms with Gasteiger partial charge in [-0.15, -0.1) is 0 Å². The van der Waals surface area contributed by atoms with Crippen LogP contribution in [0.2, 0.25) is 0 Å². The number of amides is 1. The molecule has 29 heavy (non-hydrogen) atoms. The Hall–Kier alpha value is -2.25. The number of hydrogen-bond donors (Lipinski definition) is 1. The summed E-state index contributed by atoms with van der Waals surface area (Å²) in [5, 5.41) is -0.444. The largest absolute Gasteiger partial charge is 0.366 e. The van der Waals surface area contributed by atoms with Crippen molar-refractivity contribution in [2.24, 2.45) is 5.73 Å². The van der Waals surface area contributed by atoms with Gasteiger partial charge < -0.3 is 5.73 Å². The molecule has 2 N–H and O–H groups in total. The first kappa shape index (κ1) is 21.5. The van der Waals surface area contributed by atoms with Gasteiger partial charge in [0.05, 0.1) is 10.1 Å². The molecular formula is C22H27FN2O3S. The fourth-order valence-corrected chi connectivity index (χ4v) is 4.79. The Morgan fingerprint density at radius 3 is 2.31 bits per heavy atom. The van der Waals surface area contributed by atoms with Gasteiger partial charge in [-0.2, -0.15) is 0 Å². The number of nitrogens with zero attached hydrogens (tertiary/aromatic N) is 1. The van der Waals surface area contributed by atoms with Crippen LogP contribution in [-0.2, 0) is 16.4 Å². The molecule has 0 atom stereocenters. The maximum absolute atomic E-state index is 14.2. The normalized spacial score (nSPS) is 16.3. The first-order valence-corrected chi connectivity index (χ1v) is 11.4. The smallest absolute Gasteiger partial charge is 0.248 e. The summed E-state index contributed by atoms with van der Waals surface area (Å²) in [6, 6.07) is 11.4. The van der Waals surface area contributed by atoms with Crippen molar-refractivity contribution in [3.63, 3.8) is 0 Å².